The molecule has 0 aliphatic heterocycles. The maximum absolute atomic E-state index is 12.2. The third-order valence-corrected chi connectivity index (χ3v) is 4.68. The van der Waals surface area contributed by atoms with Gasteiger partial charge in [0.2, 0.25) is 10.0 Å². The third-order valence-electron chi connectivity index (χ3n) is 3.04. The van der Waals surface area contributed by atoms with E-state index in [2.05, 4.69) is 4.72 Å². The van der Waals surface area contributed by atoms with Crippen molar-refractivity contribution in [3.8, 4) is 0 Å². The van der Waals surface area contributed by atoms with Crippen molar-refractivity contribution in [3.63, 3.8) is 0 Å². The van der Waals surface area contributed by atoms with Gasteiger partial charge in [-0.2, -0.15) is 0 Å². The lowest BCUT2D eigenvalue weighted by atomic mass is 10.1. The maximum Gasteiger partial charge on any atom is 0.289 e. The highest BCUT2D eigenvalue weighted by Crippen LogP contribution is 2.29. The van der Waals surface area contributed by atoms with E-state index >= 15 is 0 Å². The van der Waals surface area contributed by atoms with Gasteiger partial charge in [-0.15, -0.1) is 0 Å². The van der Waals surface area contributed by atoms with Gasteiger partial charge in [-0.3, -0.25) is 10.1 Å². The minimum absolute atomic E-state index is 0.212. The fourth-order valence-electron chi connectivity index (χ4n) is 1.81. The van der Waals surface area contributed by atoms with Crippen molar-refractivity contribution in [1.82, 2.24) is 4.72 Å². The molecule has 0 radical (unpaired) electrons. The molecule has 0 bridgehead atoms. The van der Waals surface area contributed by atoms with E-state index in [0.29, 0.717) is 30.5 Å². The highest BCUT2D eigenvalue weighted by Gasteiger charge is 2.28. The molecule has 1 aromatic rings. The average Bonchev–Trinajstić information content (AvgIpc) is 2.37. The molecule has 0 heterocycles. The monoisotopic (exact) mass is 301 g/mol. The van der Waals surface area contributed by atoms with Crippen LogP contribution in [0.25, 0.3) is 0 Å². The van der Waals surface area contributed by atoms with E-state index in [4.69, 9.17) is 5.73 Å². The van der Waals surface area contributed by atoms with Gasteiger partial charge in [-0.25, -0.2) is 13.1 Å². The Hall–Kier alpha value is -1.51. The second kappa shape index (κ2) is 6.78. The van der Waals surface area contributed by atoms with Gasteiger partial charge < -0.3 is 5.73 Å². The van der Waals surface area contributed by atoms with Crippen molar-refractivity contribution in [3.05, 3.63) is 33.4 Å². The summed E-state index contributed by atoms with van der Waals surface area (Å²) in [6.07, 6.45) is 1.28. The Labute approximate surface area is 118 Å². The largest absolute Gasteiger partial charge is 0.330 e. The molecule has 0 spiro atoms. The van der Waals surface area contributed by atoms with Crippen molar-refractivity contribution in [2.24, 2.45) is 5.73 Å². The lowest BCUT2D eigenvalue weighted by Crippen LogP contribution is -2.27. The van der Waals surface area contributed by atoms with Crippen LogP contribution in [-0.2, 0) is 10.0 Å². The van der Waals surface area contributed by atoms with Crippen LogP contribution in [0.2, 0.25) is 0 Å². The molecule has 0 atom stereocenters. The summed E-state index contributed by atoms with van der Waals surface area (Å²) in [6.45, 7) is 3.97. The number of benzene rings is 1. The first-order valence-corrected chi connectivity index (χ1v) is 7.74. The molecule has 0 amide bonds. The number of nitrogens with zero attached hydrogens (tertiary/aromatic N) is 1. The number of aryl methyl sites for hydroxylation is 1. The van der Waals surface area contributed by atoms with Crippen molar-refractivity contribution in [1.29, 1.82) is 0 Å². The van der Waals surface area contributed by atoms with Crippen molar-refractivity contribution < 1.29 is 13.3 Å². The highest BCUT2D eigenvalue weighted by atomic mass is 32.2. The van der Waals surface area contributed by atoms with E-state index in [-0.39, 0.29) is 11.4 Å². The molecule has 3 N–H and O–H groups in total. The standard InChI is InChI=1S/C12H19N3O4S/c1-9-5-6-11(15(16)17)12(10(9)2)20(18,19)14-8-4-3-7-13/h5-6,14H,3-4,7-8,13H2,1-2H3. The second-order valence-electron chi connectivity index (χ2n) is 4.51. The van der Waals surface area contributed by atoms with Gasteiger partial charge in [0.1, 0.15) is 0 Å². The minimum Gasteiger partial charge on any atom is -0.330 e. The van der Waals surface area contributed by atoms with Gasteiger partial charge >= 0.3 is 0 Å². The smallest absolute Gasteiger partial charge is 0.289 e. The zero-order valence-corrected chi connectivity index (χ0v) is 12.4. The molecule has 0 unspecified atom stereocenters. The molecule has 8 heteroatoms. The number of unbranched alkanes of at least 4 members (excludes halogenated alkanes) is 1. The molecular formula is C12H19N3O4S. The molecule has 1 rings (SSSR count). The summed E-state index contributed by atoms with van der Waals surface area (Å²) in [4.78, 5) is 10.1. The third kappa shape index (κ3) is 3.75. The molecule has 0 aliphatic carbocycles. The van der Waals surface area contributed by atoms with Crippen LogP contribution in [0.15, 0.2) is 17.0 Å². The van der Waals surface area contributed by atoms with Crippen molar-refractivity contribution in [2.75, 3.05) is 13.1 Å². The molecule has 1 aromatic carbocycles. The predicted octanol–water partition coefficient (Wildman–Crippen LogP) is 1.23. The zero-order chi connectivity index (χ0) is 15.3. The van der Waals surface area contributed by atoms with Gasteiger partial charge in [-0.1, -0.05) is 6.07 Å². The van der Waals surface area contributed by atoms with Crippen LogP contribution in [-0.4, -0.2) is 26.4 Å². The summed E-state index contributed by atoms with van der Waals surface area (Å²) in [5, 5.41) is 11.0. The molecule has 20 heavy (non-hydrogen) atoms. The lowest BCUT2D eigenvalue weighted by Gasteiger charge is -2.11. The second-order valence-corrected chi connectivity index (χ2v) is 6.21. The van der Waals surface area contributed by atoms with E-state index in [1.54, 1.807) is 19.9 Å². The number of nitrogens with one attached hydrogen (secondary N) is 1. The average molecular weight is 301 g/mol. The van der Waals surface area contributed by atoms with Crippen LogP contribution < -0.4 is 10.5 Å². The van der Waals surface area contributed by atoms with Crippen LogP contribution in [0.5, 0.6) is 0 Å². The number of hydrogen-bond acceptors (Lipinski definition) is 5. The highest BCUT2D eigenvalue weighted by molar-refractivity contribution is 7.89. The van der Waals surface area contributed by atoms with Gasteiger partial charge in [-0.05, 0) is 44.4 Å². The van der Waals surface area contributed by atoms with E-state index < -0.39 is 20.6 Å². The molecule has 0 aromatic heterocycles. The van der Waals surface area contributed by atoms with Crippen LogP contribution >= 0.6 is 0 Å². The fourth-order valence-corrected chi connectivity index (χ4v) is 3.35. The minimum atomic E-state index is -3.90. The van der Waals surface area contributed by atoms with Crippen LogP contribution in [0.3, 0.4) is 0 Å². The summed E-state index contributed by atoms with van der Waals surface area (Å²) >= 11 is 0. The Balaban J connectivity index is 3.16. The zero-order valence-electron chi connectivity index (χ0n) is 11.5. The summed E-state index contributed by atoms with van der Waals surface area (Å²) in [6, 6.07) is 2.76. The molecule has 0 saturated heterocycles. The van der Waals surface area contributed by atoms with E-state index in [0.717, 1.165) is 0 Å². The van der Waals surface area contributed by atoms with Crippen molar-refractivity contribution >= 4 is 15.7 Å². The molecule has 0 aliphatic rings. The normalized spacial score (nSPS) is 11.6. The lowest BCUT2D eigenvalue weighted by molar-refractivity contribution is -0.387. The van der Waals surface area contributed by atoms with Gasteiger partial charge in [0, 0.05) is 12.6 Å². The quantitative estimate of drug-likeness (QED) is 0.446. The van der Waals surface area contributed by atoms with Crippen molar-refractivity contribution in [2.45, 2.75) is 31.6 Å². The Morgan fingerprint density at radius 2 is 1.95 bits per heavy atom. The fraction of sp³-hybridized carbons (Fsp3) is 0.500. The summed E-state index contributed by atoms with van der Waals surface area (Å²) in [7, 11) is -3.90. The predicted molar refractivity (Wildman–Crippen MR) is 76.0 cm³/mol. The Bertz CT molecular complexity index is 599. The molecule has 112 valence electrons. The number of nitro groups is 1. The first kappa shape index (κ1) is 16.5. The number of sulfonamides is 1. The van der Waals surface area contributed by atoms with E-state index in [1.165, 1.54) is 6.07 Å². The number of nitrogens with two attached hydrogens (primary N) is 1. The summed E-state index contributed by atoms with van der Waals surface area (Å²) in [5.74, 6) is 0. The SMILES string of the molecule is Cc1ccc([N+](=O)[O-])c(S(=O)(=O)NCCCCN)c1C. The van der Waals surface area contributed by atoms with Crippen LogP contribution in [0, 0.1) is 24.0 Å². The molecule has 0 saturated carbocycles. The Morgan fingerprint density at radius 3 is 2.50 bits per heavy atom. The first-order valence-electron chi connectivity index (χ1n) is 6.25. The first-order chi connectivity index (χ1) is 9.31. The number of nitro benzene ring substituents is 1. The Kier molecular flexibility index (Phi) is 5.61. The summed E-state index contributed by atoms with van der Waals surface area (Å²) < 4.78 is 26.9. The van der Waals surface area contributed by atoms with E-state index in [9.17, 15) is 18.5 Å². The van der Waals surface area contributed by atoms with Gasteiger partial charge in [0.25, 0.3) is 5.69 Å². The maximum atomic E-state index is 12.2. The van der Waals surface area contributed by atoms with Crippen LogP contribution in [0.1, 0.15) is 24.0 Å². The number of hydrogen-bond donors (Lipinski definition) is 2. The topological polar surface area (TPSA) is 115 Å². The van der Waals surface area contributed by atoms with Crippen LogP contribution in [0.4, 0.5) is 5.69 Å². The van der Waals surface area contributed by atoms with E-state index in [1.807, 2.05) is 0 Å². The molecule has 0 fully saturated rings. The van der Waals surface area contributed by atoms with Gasteiger partial charge in [0.15, 0.2) is 4.90 Å². The Morgan fingerprint density at radius 1 is 1.30 bits per heavy atom. The van der Waals surface area contributed by atoms with Gasteiger partial charge in [0.05, 0.1) is 4.92 Å². The number of rotatable bonds is 7. The molecule has 7 nitrogen and oxygen atoms in total. The summed E-state index contributed by atoms with van der Waals surface area (Å²) in [5.41, 5.74) is 6.01. The molecular weight excluding hydrogens is 282 g/mol.